The highest BCUT2D eigenvalue weighted by atomic mass is 35.5. The number of hydrogen-bond donors (Lipinski definition) is 1. The van der Waals surface area contributed by atoms with Crippen LogP contribution in [-0.4, -0.2) is 40.2 Å². The molecule has 4 aliphatic rings. The molecule has 0 bridgehead atoms. The second-order valence-electron chi connectivity index (χ2n) is 12.3. The summed E-state index contributed by atoms with van der Waals surface area (Å²) in [6.45, 7) is 3.99. The lowest BCUT2D eigenvalue weighted by Crippen LogP contribution is -2.48. The molecule has 220 valence electrons. The first-order valence-corrected chi connectivity index (χ1v) is 15.1. The van der Waals surface area contributed by atoms with Crippen LogP contribution >= 0.6 is 11.6 Å². The molecule has 1 saturated carbocycles. The minimum absolute atomic E-state index is 0.0108. The molecule has 0 aromatic heterocycles. The smallest absolute Gasteiger partial charge is 0.241 e. The molecule has 2 saturated heterocycles. The van der Waals surface area contributed by atoms with E-state index in [1.54, 1.807) is 19.1 Å². The van der Waals surface area contributed by atoms with Gasteiger partial charge in [-0.05, 0) is 55.7 Å². The van der Waals surface area contributed by atoms with E-state index in [1.165, 1.54) is 17.0 Å². The van der Waals surface area contributed by atoms with Gasteiger partial charge in [0.25, 0.3) is 0 Å². The van der Waals surface area contributed by atoms with Gasteiger partial charge in [0.2, 0.25) is 23.6 Å². The number of rotatable bonds is 4. The van der Waals surface area contributed by atoms with Gasteiger partial charge in [-0.25, -0.2) is 9.29 Å². The summed E-state index contributed by atoms with van der Waals surface area (Å²) in [5, 5.41) is 12.9. The summed E-state index contributed by atoms with van der Waals surface area (Å²) in [6.07, 6.45) is 3.14. The summed E-state index contributed by atoms with van der Waals surface area (Å²) in [5.74, 6) is -5.29. The summed E-state index contributed by atoms with van der Waals surface area (Å²) < 4.78 is 14.1. The Bertz CT molecular complexity index is 1790. The van der Waals surface area contributed by atoms with Crippen molar-refractivity contribution in [3.05, 3.63) is 82.6 Å². The van der Waals surface area contributed by atoms with Gasteiger partial charge in [-0.3, -0.25) is 24.1 Å². The van der Waals surface area contributed by atoms with Crippen molar-refractivity contribution in [3.8, 4) is 5.75 Å². The molecule has 2 aliphatic heterocycles. The standard InChI is InChI=1S/C34H30ClFN2O5/c1-3-14-37-30(40)21-12-11-20-23(27(21)32(37)42)16-24-31(41)38(18-9-13-26(36)25(35)15-18)33(43)34(24,2)28(20)22-10-8-17-6-4-5-7-19(17)29(22)39/h4-11,13,15,21,23-24,27-28,39H,3,12,14,16H2,1-2H3/t21-,23+,24-,27-,28+,34+/m0/s1. The third-order valence-electron chi connectivity index (χ3n) is 10.2. The molecule has 3 aromatic carbocycles. The molecule has 0 unspecified atom stereocenters. The molecule has 7 nitrogen and oxygen atoms in total. The first kappa shape index (κ1) is 27.8. The van der Waals surface area contributed by atoms with E-state index in [0.717, 1.165) is 21.9 Å². The maximum atomic E-state index is 14.5. The maximum absolute atomic E-state index is 14.5. The van der Waals surface area contributed by atoms with E-state index in [2.05, 4.69) is 0 Å². The highest BCUT2D eigenvalue weighted by Gasteiger charge is 2.67. The number of imide groups is 2. The summed E-state index contributed by atoms with van der Waals surface area (Å²) in [4.78, 5) is 58.3. The van der Waals surface area contributed by atoms with Crippen molar-refractivity contribution < 1.29 is 28.7 Å². The Morgan fingerprint density at radius 1 is 1.00 bits per heavy atom. The number of amides is 4. The average molecular weight is 601 g/mol. The monoisotopic (exact) mass is 600 g/mol. The molecule has 2 aliphatic carbocycles. The summed E-state index contributed by atoms with van der Waals surface area (Å²) >= 11 is 6.07. The minimum atomic E-state index is -1.33. The molecule has 43 heavy (non-hydrogen) atoms. The first-order chi connectivity index (χ1) is 20.6. The van der Waals surface area contributed by atoms with E-state index >= 15 is 0 Å². The van der Waals surface area contributed by atoms with Crippen LogP contribution in [0, 0.1) is 34.9 Å². The Morgan fingerprint density at radius 3 is 2.51 bits per heavy atom. The molecule has 3 fully saturated rings. The Hall–Kier alpha value is -4.04. The molecule has 0 radical (unpaired) electrons. The maximum Gasteiger partial charge on any atom is 0.241 e. The number of likely N-dealkylation sites (tertiary alicyclic amines) is 1. The van der Waals surface area contributed by atoms with E-state index in [0.29, 0.717) is 30.3 Å². The van der Waals surface area contributed by atoms with Crippen molar-refractivity contribution in [2.24, 2.45) is 29.1 Å². The Balaban J connectivity index is 1.43. The van der Waals surface area contributed by atoms with E-state index in [4.69, 9.17) is 11.6 Å². The van der Waals surface area contributed by atoms with Gasteiger partial charge >= 0.3 is 0 Å². The number of carbonyl (C=O) groups excluding carboxylic acids is 4. The van der Waals surface area contributed by atoms with Gasteiger partial charge in [0.05, 0.1) is 33.9 Å². The van der Waals surface area contributed by atoms with Gasteiger partial charge in [-0.15, -0.1) is 0 Å². The molecule has 6 atom stereocenters. The fourth-order valence-electron chi connectivity index (χ4n) is 8.24. The van der Waals surface area contributed by atoms with Crippen LogP contribution in [0.2, 0.25) is 5.02 Å². The van der Waals surface area contributed by atoms with Gasteiger partial charge in [0.15, 0.2) is 0 Å². The average Bonchev–Trinajstić information content (AvgIpc) is 3.35. The van der Waals surface area contributed by atoms with E-state index in [1.807, 2.05) is 37.3 Å². The van der Waals surface area contributed by atoms with Crippen LogP contribution in [0.15, 0.2) is 66.2 Å². The number of halogens is 2. The molecular weight excluding hydrogens is 571 g/mol. The van der Waals surface area contributed by atoms with E-state index in [-0.39, 0.29) is 34.7 Å². The predicted molar refractivity (Wildman–Crippen MR) is 159 cm³/mol. The lowest BCUT2D eigenvalue weighted by atomic mass is 9.51. The third kappa shape index (κ3) is 3.71. The molecule has 2 heterocycles. The Kier molecular flexibility index (Phi) is 6.29. The number of nitrogens with zero attached hydrogens (tertiary/aromatic N) is 2. The second kappa shape index (κ2) is 9.74. The van der Waals surface area contributed by atoms with Crippen LogP contribution < -0.4 is 4.90 Å². The summed E-state index contributed by atoms with van der Waals surface area (Å²) in [6, 6.07) is 14.8. The van der Waals surface area contributed by atoms with Crippen LogP contribution in [-0.2, 0) is 19.2 Å². The number of hydrogen-bond acceptors (Lipinski definition) is 5. The molecule has 7 rings (SSSR count). The van der Waals surface area contributed by atoms with E-state index in [9.17, 15) is 28.7 Å². The van der Waals surface area contributed by atoms with Gasteiger partial charge in [-0.2, -0.15) is 0 Å². The number of allylic oxidation sites excluding steroid dienone is 2. The van der Waals surface area contributed by atoms with Crippen molar-refractivity contribution in [1.82, 2.24) is 4.90 Å². The Labute approximate surface area is 252 Å². The van der Waals surface area contributed by atoms with Crippen LogP contribution in [0.25, 0.3) is 10.8 Å². The molecule has 0 spiro atoms. The van der Waals surface area contributed by atoms with Crippen LogP contribution in [0.1, 0.15) is 44.6 Å². The molecule has 4 amide bonds. The number of benzene rings is 3. The fraction of sp³-hybridized carbons (Fsp3) is 0.353. The Morgan fingerprint density at radius 2 is 1.77 bits per heavy atom. The number of anilines is 1. The SMILES string of the molecule is CCCN1C(=O)[C@H]2[C@H](CC=C3[C@H]2C[C@H]2C(=O)N(c4ccc(F)c(Cl)c4)C(=O)[C@@]2(C)[C@H]3c2ccc3ccccc3c2O)C1=O. The number of carbonyl (C=O) groups is 4. The largest absolute Gasteiger partial charge is 0.507 e. The highest BCUT2D eigenvalue weighted by molar-refractivity contribution is 6.31. The molecular formula is C34H30ClFN2O5. The number of phenolic OH excluding ortho intramolecular Hbond substituents is 1. The van der Waals surface area contributed by atoms with Crippen LogP contribution in [0.3, 0.4) is 0 Å². The van der Waals surface area contributed by atoms with Crippen LogP contribution in [0.4, 0.5) is 10.1 Å². The van der Waals surface area contributed by atoms with Crippen LogP contribution in [0.5, 0.6) is 5.75 Å². The van der Waals surface area contributed by atoms with Crippen molar-refractivity contribution >= 4 is 51.7 Å². The van der Waals surface area contributed by atoms with Gasteiger partial charge in [0, 0.05) is 23.4 Å². The normalized spacial score (nSPS) is 30.0. The zero-order chi connectivity index (χ0) is 30.4. The lowest BCUT2D eigenvalue weighted by Gasteiger charge is -2.49. The summed E-state index contributed by atoms with van der Waals surface area (Å²) in [5.41, 5.74) is 0.115. The second-order valence-corrected chi connectivity index (χ2v) is 12.7. The highest BCUT2D eigenvalue weighted by Crippen LogP contribution is 2.64. The van der Waals surface area contributed by atoms with Gasteiger partial charge < -0.3 is 5.11 Å². The molecule has 9 heteroatoms. The first-order valence-electron chi connectivity index (χ1n) is 14.7. The fourth-order valence-corrected chi connectivity index (χ4v) is 8.42. The third-order valence-corrected chi connectivity index (χ3v) is 10.5. The molecule has 1 N–H and O–H groups in total. The lowest BCUT2D eigenvalue weighted by molar-refractivity contribution is -0.140. The number of phenols is 1. The van der Waals surface area contributed by atoms with Crippen molar-refractivity contribution in [2.45, 2.75) is 39.0 Å². The topological polar surface area (TPSA) is 95.0 Å². The van der Waals surface area contributed by atoms with Gasteiger partial charge in [0.1, 0.15) is 11.6 Å². The minimum Gasteiger partial charge on any atom is -0.507 e. The van der Waals surface area contributed by atoms with Crippen molar-refractivity contribution in [3.63, 3.8) is 0 Å². The number of fused-ring (bicyclic) bond motifs is 5. The number of aromatic hydroxyl groups is 1. The zero-order valence-corrected chi connectivity index (χ0v) is 24.5. The van der Waals surface area contributed by atoms with Crippen molar-refractivity contribution in [1.29, 1.82) is 0 Å². The van der Waals surface area contributed by atoms with Gasteiger partial charge in [-0.1, -0.05) is 66.6 Å². The molecule has 3 aromatic rings. The zero-order valence-electron chi connectivity index (χ0n) is 23.7. The van der Waals surface area contributed by atoms with E-state index < -0.39 is 52.6 Å². The predicted octanol–water partition coefficient (Wildman–Crippen LogP) is 5.98. The summed E-state index contributed by atoms with van der Waals surface area (Å²) in [7, 11) is 0. The quantitative estimate of drug-likeness (QED) is 0.294. The van der Waals surface area contributed by atoms with Crippen molar-refractivity contribution in [2.75, 3.05) is 11.4 Å².